The second-order valence-corrected chi connectivity index (χ2v) is 4.46. The highest BCUT2D eigenvalue weighted by Crippen LogP contribution is 2.39. The molecule has 0 aliphatic heterocycles. The highest BCUT2D eigenvalue weighted by atomic mass is 32.1. The Morgan fingerprint density at radius 1 is 1.25 bits per heavy atom. The standard InChI is InChI=1S/C12H12O3S/c1-7-4-11-8(5-10(7)14-2)9(6-13)12(15-3)16-11/h4-6H,1-3H3. The smallest absolute Gasteiger partial charge is 0.185 e. The minimum Gasteiger partial charge on any atom is -0.496 e. The van der Waals surface area contributed by atoms with E-state index in [0.29, 0.717) is 10.6 Å². The number of ether oxygens (including phenoxy) is 2. The van der Waals surface area contributed by atoms with Gasteiger partial charge in [-0.3, -0.25) is 4.79 Å². The first kappa shape index (κ1) is 11.0. The van der Waals surface area contributed by atoms with Gasteiger partial charge in [0, 0.05) is 10.1 Å². The van der Waals surface area contributed by atoms with Crippen molar-refractivity contribution in [2.45, 2.75) is 6.92 Å². The number of hydrogen-bond donors (Lipinski definition) is 0. The fourth-order valence-electron chi connectivity index (χ4n) is 1.70. The van der Waals surface area contributed by atoms with Crippen molar-refractivity contribution in [1.82, 2.24) is 0 Å². The third-order valence-electron chi connectivity index (χ3n) is 2.51. The molecule has 84 valence electrons. The number of methoxy groups -OCH3 is 2. The van der Waals surface area contributed by atoms with Crippen molar-refractivity contribution < 1.29 is 14.3 Å². The Hall–Kier alpha value is -1.55. The van der Waals surface area contributed by atoms with Crippen LogP contribution in [-0.4, -0.2) is 20.5 Å². The predicted molar refractivity (Wildman–Crippen MR) is 65.1 cm³/mol. The number of rotatable bonds is 3. The molecule has 1 heterocycles. The summed E-state index contributed by atoms with van der Waals surface area (Å²) in [5.41, 5.74) is 1.65. The molecule has 0 atom stereocenters. The largest absolute Gasteiger partial charge is 0.496 e. The van der Waals surface area contributed by atoms with E-state index in [9.17, 15) is 4.79 Å². The summed E-state index contributed by atoms with van der Waals surface area (Å²) < 4.78 is 11.5. The first-order chi connectivity index (χ1) is 7.71. The minimum atomic E-state index is 0.598. The Morgan fingerprint density at radius 2 is 2.00 bits per heavy atom. The molecule has 16 heavy (non-hydrogen) atoms. The Morgan fingerprint density at radius 3 is 2.56 bits per heavy atom. The molecule has 0 spiro atoms. The third kappa shape index (κ3) is 1.55. The van der Waals surface area contributed by atoms with Crippen LogP contribution in [0.3, 0.4) is 0 Å². The maximum absolute atomic E-state index is 11.0. The van der Waals surface area contributed by atoms with Crippen molar-refractivity contribution >= 4 is 27.7 Å². The summed E-state index contributed by atoms with van der Waals surface area (Å²) in [6.45, 7) is 1.98. The summed E-state index contributed by atoms with van der Waals surface area (Å²) in [7, 11) is 3.19. The molecule has 0 fully saturated rings. The Labute approximate surface area is 97.6 Å². The molecular formula is C12H12O3S. The summed E-state index contributed by atoms with van der Waals surface area (Å²) in [4.78, 5) is 11.0. The van der Waals surface area contributed by atoms with Crippen molar-refractivity contribution in [1.29, 1.82) is 0 Å². The van der Waals surface area contributed by atoms with E-state index in [1.165, 1.54) is 11.3 Å². The van der Waals surface area contributed by atoms with Crippen LogP contribution in [-0.2, 0) is 0 Å². The number of hydrogen-bond acceptors (Lipinski definition) is 4. The molecule has 1 aromatic carbocycles. The van der Waals surface area contributed by atoms with E-state index in [4.69, 9.17) is 9.47 Å². The predicted octanol–water partition coefficient (Wildman–Crippen LogP) is 3.04. The fraction of sp³-hybridized carbons (Fsp3) is 0.250. The molecule has 0 saturated heterocycles. The van der Waals surface area contributed by atoms with Crippen molar-refractivity contribution in [3.63, 3.8) is 0 Å². The normalized spacial score (nSPS) is 10.4. The van der Waals surface area contributed by atoms with E-state index in [1.54, 1.807) is 14.2 Å². The van der Waals surface area contributed by atoms with Crippen LogP contribution in [0.4, 0.5) is 0 Å². The van der Waals surface area contributed by atoms with E-state index in [2.05, 4.69) is 0 Å². The molecule has 0 saturated carbocycles. The van der Waals surface area contributed by atoms with E-state index in [-0.39, 0.29) is 0 Å². The lowest BCUT2D eigenvalue weighted by Crippen LogP contribution is -1.88. The number of fused-ring (bicyclic) bond motifs is 1. The van der Waals surface area contributed by atoms with Crippen molar-refractivity contribution in [3.05, 3.63) is 23.3 Å². The van der Waals surface area contributed by atoms with E-state index in [1.807, 2.05) is 19.1 Å². The lowest BCUT2D eigenvalue weighted by molar-refractivity contribution is 0.112. The van der Waals surface area contributed by atoms with Crippen LogP contribution in [0.25, 0.3) is 10.1 Å². The van der Waals surface area contributed by atoms with Gasteiger partial charge in [0.2, 0.25) is 0 Å². The summed E-state index contributed by atoms with van der Waals surface area (Å²) >= 11 is 1.47. The molecule has 0 radical (unpaired) electrons. The van der Waals surface area contributed by atoms with Gasteiger partial charge in [0.15, 0.2) is 11.3 Å². The first-order valence-electron chi connectivity index (χ1n) is 4.81. The Balaban J connectivity index is 2.78. The molecule has 0 N–H and O–H groups in total. The molecule has 0 amide bonds. The zero-order chi connectivity index (χ0) is 11.7. The molecule has 1 aromatic heterocycles. The van der Waals surface area contributed by atoms with Crippen LogP contribution in [0.2, 0.25) is 0 Å². The van der Waals surface area contributed by atoms with Crippen molar-refractivity contribution in [3.8, 4) is 10.8 Å². The molecule has 0 unspecified atom stereocenters. The van der Waals surface area contributed by atoms with Gasteiger partial charge in [-0.25, -0.2) is 0 Å². The Bertz CT molecular complexity index is 543. The maximum atomic E-state index is 11.0. The number of thiophene rings is 1. The second-order valence-electron chi connectivity index (χ2n) is 3.44. The zero-order valence-electron chi connectivity index (χ0n) is 9.37. The Kier molecular flexibility index (Phi) is 2.83. The SMILES string of the molecule is COc1cc2c(C=O)c(OC)sc2cc1C. The molecule has 0 aliphatic carbocycles. The van der Waals surface area contributed by atoms with Gasteiger partial charge in [-0.15, -0.1) is 0 Å². The van der Waals surface area contributed by atoms with E-state index >= 15 is 0 Å². The maximum Gasteiger partial charge on any atom is 0.185 e. The topological polar surface area (TPSA) is 35.5 Å². The average Bonchev–Trinajstić information content (AvgIpc) is 2.64. The highest BCUT2D eigenvalue weighted by Gasteiger charge is 2.14. The molecule has 2 aromatic rings. The third-order valence-corrected chi connectivity index (χ3v) is 3.64. The van der Waals surface area contributed by atoms with Crippen LogP contribution < -0.4 is 9.47 Å². The van der Waals surface area contributed by atoms with Crippen LogP contribution in [0.5, 0.6) is 10.8 Å². The number of aldehydes is 1. The van der Waals surface area contributed by atoms with Gasteiger partial charge >= 0.3 is 0 Å². The molecule has 0 bridgehead atoms. The quantitative estimate of drug-likeness (QED) is 0.768. The van der Waals surface area contributed by atoms with Gasteiger partial charge in [0.25, 0.3) is 0 Å². The van der Waals surface area contributed by atoms with Gasteiger partial charge in [0.05, 0.1) is 19.8 Å². The van der Waals surface area contributed by atoms with Gasteiger partial charge in [0.1, 0.15) is 5.75 Å². The fourth-order valence-corrected chi connectivity index (χ4v) is 2.77. The number of aryl methyl sites for hydroxylation is 1. The summed E-state index contributed by atoms with van der Waals surface area (Å²) in [5, 5.41) is 1.54. The van der Waals surface area contributed by atoms with Crippen LogP contribution in [0, 0.1) is 6.92 Å². The lowest BCUT2D eigenvalue weighted by atomic mass is 10.1. The van der Waals surface area contributed by atoms with E-state index in [0.717, 1.165) is 27.7 Å². The van der Waals surface area contributed by atoms with Gasteiger partial charge in [-0.05, 0) is 24.6 Å². The first-order valence-corrected chi connectivity index (χ1v) is 5.63. The van der Waals surface area contributed by atoms with Crippen LogP contribution in [0.15, 0.2) is 12.1 Å². The van der Waals surface area contributed by atoms with Gasteiger partial charge in [-0.2, -0.15) is 0 Å². The lowest BCUT2D eigenvalue weighted by Gasteiger charge is -2.03. The molecule has 2 rings (SSSR count). The van der Waals surface area contributed by atoms with Crippen LogP contribution in [0.1, 0.15) is 15.9 Å². The minimum absolute atomic E-state index is 0.598. The molecule has 4 heteroatoms. The zero-order valence-corrected chi connectivity index (χ0v) is 10.2. The molecular weight excluding hydrogens is 224 g/mol. The van der Waals surface area contributed by atoms with Gasteiger partial charge < -0.3 is 9.47 Å². The number of benzene rings is 1. The number of carbonyl (C=O) groups excluding carboxylic acids is 1. The number of carbonyl (C=O) groups is 1. The van der Waals surface area contributed by atoms with Crippen molar-refractivity contribution in [2.75, 3.05) is 14.2 Å². The van der Waals surface area contributed by atoms with E-state index < -0.39 is 0 Å². The summed E-state index contributed by atoms with van der Waals surface area (Å²) in [6, 6.07) is 3.89. The molecule has 0 aliphatic rings. The van der Waals surface area contributed by atoms with Gasteiger partial charge in [-0.1, -0.05) is 11.3 Å². The highest BCUT2D eigenvalue weighted by molar-refractivity contribution is 7.21. The summed E-state index contributed by atoms with van der Waals surface area (Å²) in [5.74, 6) is 0.788. The monoisotopic (exact) mass is 236 g/mol. The second kappa shape index (κ2) is 4.14. The van der Waals surface area contributed by atoms with Crippen molar-refractivity contribution in [2.24, 2.45) is 0 Å². The average molecular weight is 236 g/mol. The molecule has 3 nitrogen and oxygen atoms in total. The van der Waals surface area contributed by atoms with Crippen LogP contribution >= 0.6 is 11.3 Å². The summed E-state index contributed by atoms with van der Waals surface area (Å²) in [6.07, 6.45) is 0.826.